The molecule has 2 aliphatic heterocycles. The van der Waals surface area contributed by atoms with E-state index >= 15 is 0 Å². The number of carbonyl (C=O) groups is 1. The first kappa shape index (κ1) is 13.8. The van der Waals surface area contributed by atoms with Crippen molar-refractivity contribution < 1.29 is 18.3 Å². The van der Waals surface area contributed by atoms with E-state index in [0.29, 0.717) is 36.4 Å². The number of halogens is 2. The van der Waals surface area contributed by atoms with Crippen molar-refractivity contribution in [1.82, 2.24) is 10.2 Å². The van der Waals surface area contributed by atoms with E-state index in [9.17, 15) is 13.6 Å². The summed E-state index contributed by atoms with van der Waals surface area (Å²) in [5.74, 6) is -2.46. The number of hydrogen-bond acceptors (Lipinski definition) is 4. The molecule has 2 fully saturated rings. The Labute approximate surface area is 119 Å². The highest BCUT2D eigenvalue weighted by atomic mass is 32.2. The summed E-state index contributed by atoms with van der Waals surface area (Å²) in [5.41, 5.74) is 0.904. The molecular formula is C13H14F2N2O2S. The van der Waals surface area contributed by atoms with E-state index in [1.54, 1.807) is 24.3 Å². The Kier molecular flexibility index (Phi) is 3.91. The number of morpholine rings is 1. The molecule has 1 N–H and O–H groups in total. The fourth-order valence-corrected chi connectivity index (χ4v) is 3.07. The molecule has 1 amide bonds. The summed E-state index contributed by atoms with van der Waals surface area (Å²) in [6.07, 6.45) is -0.193. The first-order valence-electron chi connectivity index (χ1n) is 6.34. The van der Waals surface area contributed by atoms with Crippen LogP contribution in [-0.4, -0.2) is 42.4 Å². The summed E-state index contributed by atoms with van der Waals surface area (Å²) >= 11 is 0.519. The smallest absolute Gasteiger partial charge is 0.288 e. The number of carbonyl (C=O) groups excluding carboxylic acids is 1. The van der Waals surface area contributed by atoms with Crippen LogP contribution in [0.1, 0.15) is 11.7 Å². The van der Waals surface area contributed by atoms with Gasteiger partial charge in [0.1, 0.15) is 12.2 Å². The van der Waals surface area contributed by atoms with E-state index < -0.39 is 5.76 Å². The van der Waals surface area contributed by atoms with Crippen molar-refractivity contribution >= 4 is 17.7 Å². The average molecular weight is 300 g/mol. The SMILES string of the molecule is O=C1N[C@@H](c2ccc(SC(F)F)cc2)N2CCOC[C@@H]12. The maximum absolute atomic E-state index is 12.3. The van der Waals surface area contributed by atoms with Crippen LogP contribution in [-0.2, 0) is 9.53 Å². The number of hydrogen-bond donors (Lipinski definition) is 1. The van der Waals surface area contributed by atoms with Crippen molar-refractivity contribution in [2.24, 2.45) is 0 Å². The first-order chi connectivity index (χ1) is 9.65. The van der Waals surface area contributed by atoms with Crippen molar-refractivity contribution in [3.8, 4) is 0 Å². The normalized spacial score (nSPS) is 26.6. The zero-order chi connectivity index (χ0) is 14.1. The molecule has 2 atom stereocenters. The lowest BCUT2D eigenvalue weighted by atomic mass is 10.1. The van der Waals surface area contributed by atoms with Gasteiger partial charge in [0.05, 0.1) is 13.2 Å². The molecule has 20 heavy (non-hydrogen) atoms. The fraction of sp³-hybridized carbons (Fsp3) is 0.462. The van der Waals surface area contributed by atoms with Crippen molar-refractivity contribution in [2.75, 3.05) is 19.8 Å². The number of benzene rings is 1. The van der Waals surface area contributed by atoms with Gasteiger partial charge in [-0.2, -0.15) is 8.78 Å². The Morgan fingerprint density at radius 1 is 1.35 bits per heavy atom. The molecule has 0 aromatic heterocycles. The van der Waals surface area contributed by atoms with Crippen molar-refractivity contribution in [2.45, 2.75) is 22.9 Å². The highest BCUT2D eigenvalue weighted by Crippen LogP contribution is 2.30. The average Bonchev–Trinajstić information content (AvgIpc) is 2.77. The van der Waals surface area contributed by atoms with Crippen molar-refractivity contribution in [3.05, 3.63) is 29.8 Å². The van der Waals surface area contributed by atoms with E-state index in [-0.39, 0.29) is 18.1 Å². The minimum Gasteiger partial charge on any atom is -0.378 e. The number of nitrogens with zero attached hydrogens (tertiary/aromatic N) is 1. The third-order valence-electron chi connectivity index (χ3n) is 3.50. The van der Waals surface area contributed by atoms with Crippen LogP contribution < -0.4 is 5.32 Å². The Balaban J connectivity index is 1.77. The minimum atomic E-state index is -2.42. The van der Waals surface area contributed by atoms with Crippen LogP contribution in [0.2, 0.25) is 0 Å². The van der Waals surface area contributed by atoms with E-state index in [1.807, 2.05) is 0 Å². The third kappa shape index (κ3) is 2.65. The number of thioether (sulfide) groups is 1. The first-order valence-corrected chi connectivity index (χ1v) is 7.22. The molecule has 0 bridgehead atoms. The molecule has 1 aromatic carbocycles. The Morgan fingerprint density at radius 2 is 2.10 bits per heavy atom. The van der Waals surface area contributed by atoms with Gasteiger partial charge in [0.25, 0.3) is 5.76 Å². The van der Waals surface area contributed by atoms with Gasteiger partial charge in [-0.05, 0) is 17.7 Å². The van der Waals surface area contributed by atoms with Gasteiger partial charge in [-0.15, -0.1) is 0 Å². The minimum absolute atomic E-state index is 0.0410. The van der Waals surface area contributed by atoms with Crippen LogP contribution in [0, 0.1) is 0 Å². The second-order valence-corrected chi connectivity index (χ2v) is 5.75. The summed E-state index contributed by atoms with van der Waals surface area (Å²) < 4.78 is 29.9. The van der Waals surface area contributed by atoms with Crippen LogP contribution in [0.4, 0.5) is 8.78 Å². The Bertz CT molecular complexity index is 498. The lowest BCUT2D eigenvalue weighted by Gasteiger charge is -2.31. The van der Waals surface area contributed by atoms with Crippen molar-refractivity contribution in [1.29, 1.82) is 0 Å². The number of amides is 1. The summed E-state index contributed by atoms with van der Waals surface area (Å²) in [4.78, 5) is 14.4. The number of rotatable bonds is 3. The third-order valence-corrected chi connectivity index (χ3v) is 4.23. The molecule has 0 saturated carbocycles. The van der Waals surface area contributed by atoms with Crippen LogP contribution >= 0.6 is 11.8 Å². The quantitative estimate of drug-likeness (QED) is 0.865. The molecule has 3 rings (SSSR count). The van der Waals surface area contributed by atoms with Gasteiger partial charge >= 0.3 is 0 Å². The van der Waals surface area contributed by atoms with Crippen LogP contribution in [0.25, 0.3) is 0 Å². The molecule has 0 aliphatic carbocycles. The largest absolute Gasteiger partial charge is 0.378 e. The predicted molar refractivity (Wildman–Crippen MR) is 70.5 cm³/mol. The second-order valence-electron chi connectivity index (χ2n) is 4.69. The topological polar surface area (TPSA) is 41.6 Å². The van der Waals surface area contributed by atoms with Gasteiger partial charge in [0.15, 0.2) is 0 Å². The molecule has 1 aromatic rings. The predicted octanol–water partition coefficient (Wildman–Crippen LogP) is 1.83. The molecule has 2 heterocycles. The highest BCUT2D eigenvalue weighted by molar-refractivity contribution is 7.99. The van der Waals surface area contributed by atoms with Gasteiger partial charge in [-0.25, -0.2) is 0 Å². The summed E-state index contributed by atoms with van der Waals surface area (Å²) in [6, 6.07) is 6.64. The zero-order valence-electron chi connectivity index (χ0n) is 10.6. The number of ether oxygens (including phenoxy) is 1. The van der Waals surface area contributed by atoms with Crippen LogP contribution in [0.3, 0.4) is 0 Å². The van der Waals surface area contributed by atoms with Gasteiger partial charge < -0.3 is 10.1 Å². The van der Waals surface area contributed by atoms with E-state index in [2.05, 4.69) is 10.2 Å². The van der Waals surface area contributed by atoms with E-state index in [0.717, 1.165) is 5.56 Å². The van der Waals surface area contributed by atoms with Gasteiger partial charge in [-0.1, -0.05) is 23.9 Å². The maximum Gasteiger partial charge on any atom is 0.288 e. The zero-order valence-corrected chi connectivity index (χ0v) is 11.4. The number of fused-ring (bicyclic) bond motifs is 1. The van der Waals surface area contributed by atoms with E-state index in [4.69, 9.17) is 4.74 Å². The second kappa shape index (κ2) is 5.67. The standard InChI is InChI=1S/C13H14F2N2O2S/c14-13(15)20-9-3-1-8(2-4-9)11-16-12(18)10-7-19-6-5-17(10)11/h1-4,10-11,13H,5-7H2,(H,16,18)/t10-,11+/m0/s1. The molecule has 0 radical (unpaired) electrons. The summed E-state index contributed by atoms with van der Waals surface area (Å²) in [5, 5.41) is 2.92. The molecule has 2 aliphatic rings. The lowest BCUT2D eigenvalue weighted by Crippen LogP contribution is -2.44. The molecule has 0 unspecified atom stereocenters. The fourth-order valence-electron chi connectivity index (χ4n) is 2.57. The van der Waals surface area contributed by atoms with Crippen molar-refractivity contribution in [3.63, 3.8) is 0 Å². The Morgan fingerprint density at radius 3 is 2.80 bits per heavy atom. The summed E-state index contributed by atoms with van der Waals surface area (Å²) in [7, 11) is 0. The van der Waals surface area contributed by atoms with Crippen LogP contribution in [0.15, 0.2) is 29.2 Å². The molecule has 0 spiro atoms. The lowest BCUT2D eigenvalue weighted by molar-refractivity contribution is -0.125. The Hall–Kier alpha value is -1.18. The molecule has 108 valence electrons. The van der Waals surface area contributed by atoms with Gasteiger partial charge in [0.2, 0.25) is 5.91 Å². The summed E-state index contributed by atoms with van der Waals surface area (Å²) in [6.45, 7) is 1.69. The van der Waals surface area contributed by atoms with Gasteiger partial charge in [0, 0.05) is 11.4 Å². The number of nitrogens with one attached hydrogen (secondary N) is 1. The monoisotopic (exact) mass is 300 g/mol. The molecule has 7 heteroatoms. The molecule has 4 nitrogen and oxygen atoms in total. The number of alkyl halides is 2. The van der Waals surface area contributed by atoms with Crippen LogP contribution in [0.5, 0.6) is 0 Å². The molecular weight excluding hydrogens is 286 g/mol. The van der Waals surface area contributed by atoms with Gasteiger partial charge in [-0.3, -0.25) is 9.69 Å². The molecule has 2 saturated heterocycles. The maximum atomic E-state index is 12.3. The van der Waals surface area contributed by atoms with E-state index in [1.165, 1.54) is 0 Å². The highest BCUT2D eigenvalue weighted by Gasteiger charge is 2.42.